The highest BCUT2D eigenvalue weighted by atomic mass is 79.9. The lowest BCUT2D eigenvalue weighted by Crippen LogP contribution is -2.18. The molecule has 0 saturated heterocycles. The summed E-state index contributed by atoms with van der Waals surface area (Å²) in [5.41, 5.74) is 0.156. The number of hydrogen-bond acceptors (Lipinski definition) is 4. The summed E-state index contributed by atoms with van der Waals surface area (Å²) in [7, 11) is 1.02. The number of rotatable bonds is 5. The van der Waals surface area contributed by atoms with Gasteiger partial charge in [0.05, 0.1) is 7.11 Å². The van der Waals surface area contributed by atoms with Gasteiger partial charge >= 0.3 is 12.3 Å². The van der Waals surface area contributed by atoms with Gasteiger partial charge in [0.2, 0.25) is 11.6 Å². The van der Waals surface area contributed by atoms with E-state index >= 15 is 0 Å². The summed E-state index contributed by atoms with van der Waals surface area (Å²) in [6.07, 6.45) is -5.09. The molecule has 0 aliphatic carbocycles. The third-order valence-corrected chi connectivity index (χ3v) is 4.11. The maximum atomic E-state index is 14.2. The van der Waals surface area contributed by atoms with Crippen LogP contribution < -0.4 is 14.2 Å². The maximum absolute atomic E-state index is 14.2. The van der Waals surface area contributed by atoms with Gasteiger partial charge < -0.3 is 19.3 Å². The molecule has 0 atom stereocenters. The van der Waals surface area contributed by atoms with E-state index in [1.54, 1.807) is 0 Å². The molecule has 0 unspecified atom stereocenters. The quantitative estimate of drug-likeness (QED) is 0.642. The van der Waals surface area contributed by atoms with E-state index in [0.29, 0.717) is 16.1 Å². The zero-order valence-corrected chi connectivity index (χ0v) is 14.9. The minimum atomic E-state index is -5.09. The maximum Gasteiger partial charge on any atom is 0.573 e. The number of carbonyl (C=O) groups is 1. The van der Waals surface area contributed by atoms with Crippen LogP contribution in [0.2, 0.25) is 0 Å². The van der Waals surface area contributed by atoms with Gasteiger partial charge in [-0.05, 0) is 36.8 Å². The van der Waals surface area contributed by atoms with Gasteiger partial charge in [-0.2, -0.15) is 4.39 Å². The van der Waals surface area contributed by atoms with Crippen LogP contribution in [0, 0.1) is 12.7 Å². The Balaban J connectivity index is 2.50. The van der Waals surface area contributed by atoms with Crippen molar-refractivity contribution in [2.45, 2.75) is 13.3 Å². The summed E-state index contributed by atoms with van der Waals surface area (Å²) >= 11 is 3.18. The smallest absolute Gasteiger partial charge is 0.490 e. The molecule has 0 spiro atoms. The predicted octanol–water partition coefficient (Wildman–Crippen LogP) is 5.29. The van der Waals surface area contributed by atoms with Gasteiger partial charge in [-0.1, -0.05) is 15.9 Å². The van der Waals surface area contributed by atoms with E-state index in [2.05, 4.69) is 20.7 Å². The van der Waals surface area contributed by atoms with Crippen molar-refractivity contribution in [3.63, 3.8) is 0 Å². The molecule has 2 rings (SSSR count). The number of aromatic carboxylic acids is 1. The summed E-state index contributed by atoms with van der Waals surface area (Å²) in [5.74, 6) is -4.96. The highest BCUT2D eigenvalue weighted by Crippen LogP contribution is 2.41. The molecule has 0 fully saturated rings. The molecular weight excluding hydrogens is 428 g/mol. The van der Waals surface area contributed by atoms with E-state index in [4.69, 9.17) is 9.47 Å². The normalized spacial score (nSPS) is 11.2. The molecule has 1 N–H and O–H groups in total. The Bertz CT molecular complexity index is 852. The molecule has 0 saturated carbocycles. The topological polar surface area (TPSA) is 65.0 Å². The van der Waals surface area contributed by atoms with Gasteiger partial charge in [-0.15, -0.1) is 13.2 Å². The van der Waals surface area contributed by atoms with Crippen molar-refractivity contribution >= 4 is 21.9 Å². The molecule has 5 nitrogen and oxygen atoms in total. The first-order chi connectivity index (χ1) is 12.0. The fourth-order valence-corrected chi connectivity index (χ4v) is 2.46. The molecular formula is C16H11BrF4O5. The monoisotopic (exact) mass is 438 g/mol. The van der Waals surface area contributed by atoms with Crippen molar-refractivity contribution in [3.05, 3.63) is 45.7 Å². The molecule has 0 aromatic heterocycles. The van der Waals surface area contributed by atoms with Crippen molar-refractivity contribution in [3.8, 4) is 23.0 Å². The summed E-state index contributed by atoms with van der Waals surface area (Å²) in [5, 5.41) is 9.35. The lowest BCUT2D eigenvalue weighted by atomic mass is 10.1. The van der Waals surface area contributed by atoms with E-state index in [1.165, 1.54) is 19.1 Å². The number of carboxylic acids is 1. The lowest BCUT2D eigenvalue weighted by Gasteiger charge is -2.16. The van der Waals surface area contributed by atoms with Crippen LogP contribution in [0.3, 0.4) is 0 Å². The predicted molar refractivity (Wildman–Crippen MR) is 85.5 cm³/mol. The molecule has 0 amide bonds. The molecule has 0 aliphatic heterocycles. The Morgan fingerprint density at radius 1 is 1.12 bits per heavy atom. The molecule has 10 heteroatoms. The molecule has 0 heterocycles. The molecule has 0 aliphatic rings. The minimum Gasteiger partial charge on any atom is -0.490 e. The Kier molecular flexibility index (Phi) is 5.65. The van der Waals surface area contributed by atoms with Crippen molar-refractivity contribution in [2.75, 3.05) is 7.11 Å². The second kappa shape index (κ2) is 7.40. The fourth-order valence-electron chi connectivity index (χ4n) is 2.13. The molecule has 0 radical (unpaired) electrons. The number of hydrogen-bond donors (Lipinski definition) is 1. The summed E-state index contributed by atoms with van der Waals surface area (Å²) in [6.45, 7) is 1.53. The largest absolute Gasteiger partial charge is 0.573 e. The minimum absolute atomic E-state index is 0.139. The Morgan fingerprint density at radius 2 is 1.69 bits per heavy atom. The van der Waals surface area contributed by atoms with Crippen LogP contribution >= 0.6 is 15.9 Å². The van der Waals surface area contributed by atoms with Gasteiger partial charge in [0.15, 0.2) is 11.5 Å². The van der Waals surface area contributed by atoms with Crippen molar-refractivity contribution in [1.82, 2.24) is 0 Å². The van der Waals surface area contributed by atoms with Crippen LogP contribution in [-0.2, 0) is 0 Å². The highest BCUT2D eigenvalue weighted by molar-refractivity contribution is 9.10. The molecule has 2 aromatic rings. The van der Waals surface area contributed by atoms with Gasteiger partial charge in [0.1, 0.15) is 11.3 Å². The van der Waals surface area contributed by atoms with Crippen LogP contribution in [-0.4, -0.2) is 24.5 Å². The van der Waals surface area contributed by atoms with Crippen LogP contribution in [0.25, 0.3) is 0 Å². The number of carboxylic acid groups (broad SMARTS) is 1. The van der Waals surface area contributed by atoms with E-state index in [0.717, 1.165) is 13.2 Å². The molecule has 26 heavy (non-hydrogen) atoms. The summed E-state index contributed by atoms with van der Waals surface area (Å²) in [6, 6.07) is 4.51. The van der Waals surface area contributed by atoms with E-state index in [1.807, 2.05) is 0 Å². The van der Waals surface area contributed by atoms with Crippen LogP contribution in [0.1, 0.15) is 15.9 Å². The van der Waals surface area contributed by atoms with Gasteiger partial charge in [-0.25, -0.2) is 4.79 Å². The van der Waals surface area contributed by atoms with Crippen LogP contribution in [0.4, 0.5) is 17.6 Å². The van der Waals surface area contributed by atoms with E-state index in [-0.39, 0.29) is 17.1 Å². The van der Waals surface area contributed by atoms with Gasteiger partial charge in [0, 0.05) is 4.47 Å². The van der Waals surface area contributed by atoms with E-state index in [9.17, 15) is 27.5 Å². The SMILES string of the molecule is COc1c(Oc2ccc(Br)c(C)c2C(=O)O)ccc(OC(F)(F)F)c1F. The average molecular weight is 439 g/mol. The van der Waals surface area contributed by atoms with Gasteiger partial charge in [-0.3, -0.25) is 0 Å². The highest BCUT2D eigenvalue weighted by Gasteiger charge is 2.33. The van der Waals surface area contributed by atoms with Crippen LogP contribution in [0.5, 0.6) is 23.0 Å². The van der Waals surface area contributed by atoms with Crippen molar-refractivity contribution in [1.29, 1.82) is 0 Å². The number of methoxy groups -OCH3 is 1. The number of alkyl halides is 3. The third-order valence-electron chi connectivity index (χ3n) is 3.25. The Hall–Kier alpha value is -2.49. The fraction of sp³-hybridized carbons (Fsp3) is 0.188. The first-order valence-corrected chi connectivity index (χ1v) is 7.67. The second-order valence-electron chi connectivity index (χ2n) is 4.91. The number of halogens is 5. The average Bonchev–Trinajstić information content (AvgIpc) is 2.52. The van der Waals surface area contributed by atoms with Crippen molar-refractivity contribution in [2.24, 2.45) is 0 Å². The number of ether oxygens (including phenoxy) is 3. The molecule has 140 valence electrons. The van der Waals surface area contributed by atoms with Crippen LogP contribution in [0.15, 0.2) is 28.7 Å². The van der Waals surface area contributed by atoms with Crippen molar-refractivity contribution < 1.29 is 41.7 Å². The van der Waals surface area contributed by atoms with Gasteiger partial charge in [0.25, 0.3) is 0 Å². The first-order valence-electron chi connectivity index (χ1n) is 6.87. The standard InChI is InChI=1S/C16H11BrF4O5/c1-7-8(17)3-4-9(12(7)15(22)23)25-11-6-5-10(26-16(19,20)21)13(18)14(11)24-2/h3-6H,1-2H3,(H,22,23). The Labute approximate surface area is 153 Å². The molecule has 0 bridgehead atoms. The summed E-state index contributed by atoms with van der Waals surface area (Å²) in [4.78, 5) is 11.5. The zero-order chi connectivity index (χ0) is 19.6. The van der Waals surface area contributed by atoms with E-state index < -0.39 is 29.6 Å². The zero-order valence-electron chi connectivity index (χ0n) is 13.3. The second-order valence-corrected chi connectivity index (χ2v) is 5.76. The number of benzene rings is 2. The lowest BCUT2D eigenvalue weighted by molar-refractivity contribution is -0.275. The third kappa shape index (κ3) is 4.18. The Morgan fingerprint density at radius 3 is 2.23 bits per heavy atom. The molecule has 2 aromatic carbocycles. The first kappa shape index (κ1) is 19.8. The summed E-state index contributed by atoms with van der Waals surface area (Å²) < 4.78 is 65.3.